The topological polar surface area (TPSA) is 35.2 Å². The van der Waals surface area contributed by atoms with Crippen molar-refractivity contribution in [1.82, 2.24) is 0 Å². The smallest absolute Gasteiger partial charge is 0.0509 e. The predicted molar refractivity (Wildman–Crippen MR) is 58.1 cm³/mol. The van der Waals surface area contributed by atoms with E-state index in [1.54, 1.807) is 0 Å². The first-order chi connectivity index (χ1) is 6.86. The van der Waals surface area contributed by atoms with Gasteiger partial charge in [0, 0.05) is 12.6 Å². The van der Waals surface area contributed by atoms with Crippen molar-refractivity contribution < 1.29 is 4.74 Å². The molecule has 2 fully saturated rings. The highest BCUT2D eigenvalue weighted by Crippen LogP contribution is 2.29. The molecule has 2 atom stereocenters. The number of rotatable bonds is 3. The van der Waals surface area contributed by atoms with Crippen LogP contribution in [-0.2, 0) is 4.74 Å². The molecule has 0 aromatic rings. The normalized spacial score (nSPS) is 31.9. The molecule has 2 nitrogen and oxygen atoms in total. The van der Waals surface area contributed by atoms with Crippen LogP contribution in [-0.4, -0.2) is 19.3 Å². The first kappa shape index (κ1) is 10.4. The zero-order chi connectivity index (χ0) is 9.80. The van der Waals surface area contributed by atoms with Gasteiger partial charge in [-0.15, -0.1) is 0 Å². The third-order valence-electron chi connectivity index (χ3n) is 3.90. The Hall–Kier alpha value is -0.0800. The van der Waals surface area contributed by atoms with Crippen LogP contribution >= 0.6 is 0 Å². The van der Waals surface area contributed by atoms with Crippen molar-refractivity contribution >= 4 is 0 Å². The highest BCUT2D eigenvalue weighted by Gasteiger charge is 2.25. The van der Waals surface area contributed by atoms with E-state index in [1.807, 2.05) is 0 Å². The van der Waals surface area contributed by atoms with Crippen molar-refractivity contribution in [3.63, 3.8) is 0 Å². The van der Waals surface area contributed by atoms with Crippen LogP contribution in [0.25, 0.3) is 0 Å². The van der Waals surface area contributed by atoms with Crippen LogP contribution in [0.5, 0.6) is 0 Å². The molecule has 1 aliphatic carbocycles. The number of ether oxygens (including phenoxy) is 1. The second-order valence-corrected chi connectivity index (χ2v) is 5.03. The molecule has 0 bridgehead atoms. The van der Waals surface area contributed by atoms with Gasteiger partial charge in [-0.25, -0.2) is 0 Å². The molecule has 82 valence electrons. The quantitative estimate of drug-likeness (QED) is 0.753. The molecule has 0 radical (unpaired) electrons. The Morgan fingerprint density at radius 1 is 1.14 bits per heavy atom. The molecule has 2 rings (SSSR count). The van der Waals surface area contributed by atoms with Gasteiger partial charge in [0.2, 0.25) is 0 Å². The van der Waals surface area contributed by atoms with Crippen LogP contribution in [0.15, 0.2) is 0 Å². The van der Waals surface area contributed by atoms with E-state index in [9.17, 15) is 0 Å². The second-order valence-electron chi connectivity index (χ2n) is 5.03. The van der Waals surface area contributed by atoms with Gasteiger partial charge in [0.15, 0.2) is 0 Å². The minimum Gasteiger partial charge on any atom is -0.381 e. The maximum absolute atomic E-state index is 6.23. The van der Waals surface area contributed by atoms with Crippen LogP contribution in [0.1, 0.15) is 44.9 Å². The van der Waals surface area contributed by atoms with Gasteiger partial charge >= 0.3 is 0 Å². The van der Waals surface area contributed by atoms with Gasteiger partial charge in [-0.1, -0.05) is 32.1 Å². The summed E-state index contributed by atoms with van der Waals surface area (Å²) in [5.41, 5.74) is 6.23. The summed E-state index contributed by atoms with van der Waals surface area (Å²) >= 11 is 0. The molecule has 2 aliphatic rings. The highest BCUT2D eigenvalue weighted by atomic mass is 16.5. The number of nitrogens with two attached hydrogens (primary N) is 1. The Kier molecular flexibility index (Phi) is 3.82. The SMILES string of the molecule is NC(CC1CCCCC1)C1CCOC1. The van der Waals surface area contributed by atoms with Crippen LogP contribution in [0.3, 0.4) is 0 Å². The van der Waals surface area contributed by atoms with Gasteiger partial charge in [0.05, 0.1) is 6.61 Å². The summed E-state index contributed by atoms with van der Waals surface area (Å²) in [4.78, 5) is 0. The van der Waals surface area contributed by atoms with Crippen molar-refractivity contribution in [3.05, 3.63) is 0 Å². The maximum Gasteiger partial charge on any atom is 0.0509 e. The minimum atomic E-state index is 0.403. The molecule has 14 heavy (non-hydrogen) atoms. The molecule has 2 N–H and O–H groups in total. The Bertz CT molecular complexity index is 160. The summed E-state index contributed by atoms with van der Waals surface area (Å²) in [6.45, 7) is 1.84. The lowest BCUT2D eigenvalue weighted by molar-refractivity contribution is 0.175. The lowest BCUT2D eigenvalue weighted by Gasteiger charge is -2.26. The average Bonchev–Trinajstić information content (AvgIpc) is 2.72. The molecule has 2 heteroatoms. The van der Waals surface area contributed by atoms with Crippen molar-refractivity contribution in [2.75, 3.05) is 13.2 Å². The molecular formula is C12H23NO. The molecule has 1 saturated carbocycles. The summed E-state index contributed by atoms with van der Waals surface area (Å²) in [5, 5.41) is 0. The molecule has 1 aliphatic heterocycles. The summed E-state index contributed by atoms with van der Waals surface area (Å²) < 4.78 is 5.39. The molecule has 1 saturated heterocycles. The molecule has 1 heterocycles. The molecular weight excluding hydrogens is 174 g/mol. The third kappa shape index (κ3) is 2.71. The summed E-state index contributed by atoms with van der Waals surface area (Å²) in [6.07, 6.45) is 9.57. The maximum atomic E-state index is 6.23. The fourth-order valence-corrected chi connectivity index (χ4v) is 2.89. The van der Waals surface area contributed by atoms with E-state index in [-0.39, 0.29) is 0 Å². The lowest BCUT2D eigenvalue weighted by atomic mass is 9.82. The summed E-state index contributed by atoms with van der Waals surface area (Å²) in [6, 6.07) is 0.403. The van der Waals surface area contributed by atoms with Crippen LogP contribution < -0.4 is 5.73 Å². The second kappa shape index (κ2) is 5.13. The fourth-order valence-electron chi connectivity index (χ4n) is 2.89. The first-order valence-corrected chi connectivity index (χ1v) is 6.19. The average molecular weight is 197 g/mol. The van der Waals surface area contributed by atoms with E-state index in [0.717, 1.165) is 19.1 Å². The Labute approximate surface area is 87.2 Å². The van der Waals surface area contributed by atoms with Crippen LogP contribution in [0, 0.1) is 11.8 Å². The molecule has 0 spiro atoms. The van der Waals surface area contributed by atoms with E-state index >= 15 is 0 Å². The van der Waals surface area contributed by atoms with E-state index in [4.69, 9.17) is 10.5 Å². The van der Waals surface area contributed by atoms with E-state index in [0.29, 0.717) is 12.0 Å². The van der Waals surface area contributed by atoms with Gasteiger partial charge in [-0.3, -0.25) is 0 Å². The monoisotopic (exact) mass is 197 g/mol. The van der Waals surface area contributed by atoms with Gasteiger partial charge < -0.3 is 10.5 Å². The fraction of sp³-hybridized carbons (Fsp3) is 1.00. The molecule has 2 unspecified atom stereocenters. The zero-order valence-corrected chi connectivity index (χ0v) is 9.08. The standard InChI is InChI=1S/C12H23NO/c13-12(11-6-7-14-9-11)8-10-4-2-1-3-5-10/h10-12H,1-9,13H2. The van der Waals surface area contributed by atoms with Crippen molar-refractivity contribution in [2.24, 2.45) is 17.6 Å². The van der Waals surface area contributed by atoms with Gasteiger partial charge in [0.25, 0.3) is 0 Å². The van der Waals surface area contributed by atoms with E-state index < -0.39 is 0 Å². The Balaban J connectivity index is 1.72. The number of hydrogen-bond donors (Lipinski definition) is 1. The largest absolute Gasteiger partial charge is 0.381 e. The minimum absolute atomic E-state index is 0.403. The molecule has 0 aromatic heterocycles. The third-order valence-corrected chi connectivity index (χ3v) is 3.90. The van der Waals surface area contributed by atoms with Gasteiger partial charge in [0.1, 0.15) is 0 Å². The first-order valence-electron chi connectivity index (χ1n) is 6.19. The summed E-state index contributed by atoms with van der Waals surface area (Å²) in [5.74, 6) is 1.57. The highest BCUT2D eigenvalue weighted by molar-refractivity contribution is 4.80. The van der Waals surface area contributed by atoms with Crippen molar-refractivity contribution in [2.45, 2.75) is 51.0 Å². The van der Waals surface area contributed by atoms with Gasteiger partial charge in [-0.05, 0) is 24.7 Å². The lowest BCUT2D eigenvalue weighted by Crippen LogP contribution is -2.33. The summed E-state index contributed by atoms with van der Waals surface area (Å²) in [7, 11) is 0. The van der Waals surface area contributed by atoms with Crippen molar-refractivity contribution in [1.29, 1.82) is 0 Å². The van der Waals surface area contributed by atoms with Crippen molar-refractivity contribution in [3.8, 4) is 0 Å². The Morgan fingerprint density at radius 3 is 2.57 bits per heavy atom. The predicted octanol–water partition coefficient (Wildman–Crippen LogP) is 2.32. The molecule has 0 aromatic carbocycles. The number of hydrogen-bond acceptors (Lipinski definition) is 2. The van der Waals surface area contributed by atoms with Crippen LogP contribution in [0.4, 0.5) is 0 Å². The van der Waals surface area contributed by atoms with E-state index in [2.05, 4.69) is 0 Å². The Morgan fingerprint density at radius 2 is 1.93 bits per heavy atom. The zero-order valence-electron chi connectivity index (χ0n) is 9.08. The van der Waals surface area contributed by atoms with Gasteiger partial charge in [-0.2, -0.15) is 0 Å². The molecule has 0 amide bonds. The van der Waals surface area contributed by atoms with E-state index in [1.165, 1.54) is 44.9 Å². The van der Waals surface area contributed by atoms with Crippen LogP contribution in [0.2, 0.25) is 0 Å².